The van der Waals surface area contributed by atoms with Gasteiger partial charge in [0.05, 0.1) is 0 Å². The number of halogens is 5. The summed E-state index contributed by atoms with van der Waals surface area (Å²) in [5, 5.41) is 0. The minimum Gasteiger partial charge on any atom is -0.203 e. The summed E-state index contributed by atoms with van der Waals surface area (Å²) in [5.41, 5.74) is -0.781. The summed E-state index contributed by atoms with van der Waals surface area (Å²) in [6.07, 6.45) is -0.244. The molecule has 0 nitrogen and oxygen atoms in total. The van der Waals surface area contributed by atoms with Crippen LogP contribution in [0.4, 0.5) is 22.0 Å². The monoisotopic (exact) mass is 194 g/mol. The van der Waals surface area contributed by atoms with E-state index in [2.05, 4.69) is 0 Å². The van der Waals surface area contributed by atoms with Gasteiger partial charge in [0.2, 0.25) is 5.82 Å². The Balaban J connectivity index is 3.56. The topological polar surface area (TPSA) is 0 Å². The average Bonchev–Trinajstić information content (AvgIpc) is 2.13. The van der Waals surface area contributed by atoms with Gasteiger partial charge in [-0.1, -0.05) is 6.32 Å². The first-order valence-electron chi connectivity index (χ1n) is 3.51. The first-order valence-corrected chi connectivity index (χ1v) is 3.51. The molecule has 0 spiro atoms. The van der Waals surface area contributed by atoms with E-state index >= 15 is 0 Å². The van der Waals surface area contributed by atoms with E-state index in [9.17, 15) is 22.0 Å². The minimum absolute atomic E-state index is 0.244. The van der Waals surface area contributed by atoms with Gasteiger partial charge in [-0.3, -0.25) is 0 Å². The molecule has 1 aromatic carbocycles. The van der Waals surface area contributed by atoms with E-state index in [-0.39, 0.29) is 6.32 Å². The quantitative estimate of drug-likeness (QED) is 0.275. The Kier molecular flexibility index (Phi) is 2.59. The molecule has 13 heavy (non-hydrogen) atoms. The van der Waals surface area contributed by atoms with Crippen LogP contribution in [0.25, 0.3) is 0 Å². The van der Waals surface area contributed by atoms with Crippen LogP contribution >= 0.6 is 0 Å². The molecular formula is C7H4BF5. The molecule has 0 radical (unpaired) electrons. The third-order valence-electron chi connectivity index (χ3n) is 1.65. The average molecular weight is 194 g/mol. The molecular weight excluding hydrogens is 190 g/mol. The third-order valence-corrected chi connectivity index (χ3v) is 1.65. The summed E-state index contributed by atoms with van der Waals surface area (Å²) in [6.45, 7) is 0. The maximum absolute atomic E-state index is 12.7. The fraction of sp³-hybridized carbons (Fsp3) is 0.143. The van der Waals surface area contributed by atoms with E-state index in [1.165, 1.54) is 7.85 Å². The largest absolute Gasteiger partial charge is 0.203 e. The second kappa shape index (κ2) is 3.36. The first kappa shape index (κ1) is 10.0. The molecule has 0 saturated carbocycles. The van der Waals surface area contributed by atoms with Gasteiger partial charge in [0.1, 0.15) is 7.85 Å². The fourth-order valence-electron chi connectivity index (χ4n) is 0.961. The highest BCUT2D eigenvalue weighted by Gasteiger charge is 2.23. The van der Waals surface area contributed by atoms with E-state index < -0.39 is 34.6 Å². The maximum Gasteiger partial charge on any atom is 0.200 e. The van der Waals surface area contributed by atoms with Crippen molar-refractivity contribution >= 4 is 7.85 Å². The van der Waals surface area contributed by atoms with E-state index in [1.54, 1.807) is 0 Å². The molecule has 0 aliphatic carbocycles. The van der Waals surface area contributed by atoms with Crippen molar-refractivity contribution < 1.29 is 22.0 Å². The normalized spacial score (nSPS) is 10.5. The number of benzene rings is 1. The number of hydrogen-bond donors (Lipinski definition) is 0. The van der Waals surface area contributed by atoms with Crippen molar-refractivity contribution in [2.75, 3.05) is 0 Å². The van der Waals surface area contributed by atoms with Crippen LogP contribution in [0.15, 0.2) is 0 Å². The zero-order chi connectivity index (χ0) is 10.2. The van der Waals surface area contributed by atoms with Crippen LogP contribution in [0, 0.1) is 29.1 Å². The molecule has 0 fully saturated rings. The van der Waals surface area contributed by atoms with Gasteiger partial charge in [0, 0.05) is 5.56 Å². The summed E-state index contributed by atoms with van der Waals surface area (Å²) in [4.78, 5) is 0. The molecule has 0 amide bonds. The van der Waals surface area contributed by atoms with Crippen molar-refractivity contribution in [3.05, 3.63) is 34.6 Å². The molecule has 70 valence electrons. The van der Waals surface area contributed by atoms with Crippen molar-refractivity contribution in [2.24, 2.45) is 0 Å². The van der Waals surface area contributed by atoms with Gasteiger partial charge in [-0.15, -0.1) is 0 Å². The summed E-state index contributed by atoms with van der Waals surface area (Å²) >= 11 is 0. The predicted molar refractivity (Wildman–Crippen MR) is 38.5 cm³/mol. The first-order chi connectivity index (χ1) is 6.00. The molecule has 0 aromatic heterocycles. The van der Waals surface area contributed by atoms with Crippen molar-refractivity contribution in [3.8, 4) is 0 Å². The summed E-state index contributed by atoms with van der Waals surface area (Å²) in [6, 6.07) is 0. The molecule has 1 rings (SSSR count). The summed E-state index contributed by atoms with van der Waals surface area (Å²) in [7, 11) is 1.30. The van der Waals surface area contributed by atoms with Crippen LogP contribution in [0.5, 0.6) is 0 Å². The molecule has 0 bridgehead atoms. The van der Waals surface area contributed by atoms with Gasteiger partial charge in [0.25, 0.3) is 0 Å². The zero-order valence-corrected chi connectivity index (χ0v) is 6.60. The van der Waals surface area contributed by atoms with Crippen LogP contribution in [-0.2, 0) is 6.32 Å². The van der Waals surface area contributed by atoms with Crippen molar-refractivity contribution in [1.29, 1.82) is 0 Å². The Labute approximate surface area is 71.8 Å². The van der Waals surface area contributed by atoms with Gasteiger partial charge < -0.3 is 0 Å². The Morgan fingerprint density at radius 3 is 1.31 bits per heavy atom. The van der Waals surface area contributed by atoms with Crippen LogP contribution < -0.4 is 0 Å². The highest BCUT2D eigenvalue weighted by atomic mass is 19.2. The van der Waals surface area contributed by atoms with Gasteiger partial charge in [-0.2, -0.15) is 0 Å². The zero-order valence-electron chi connectivity index (χ0n) is 6.60. The maximum atomic E-state index is 12.7. The van der Waals surface area contributed by atoms with Crippen LogP contribution in [0.1, 0.15) is 5.56 Å². The lowest BCUT2D eigenvalue weighted by Crippen LogP contribution is -2.06. The number of rotatable bonds is 1. The SMILES string of the molecule is BCc1c(F)c(F)c(F)c(F)c1F. The summed E-state index contributed by atoms with van der Waals surface area (Å²) in [5.74, 6) is -9.41. The smallest absolute Gasteiger partial charge is 0.200 e. The van der Waals surface area contributed by atoms with Gasteiger partial charge in [-0.25, -0.2) is 22.0 Å². The van der Waals surface area contributed by atoms with E-state index in [0.29, 0.717) is 0 Å². The van der Waals surface area contributed by atoms with E-state index in [0.717, 1.165) is 0 Å². The van der Waals surface area contributed by atoms with Crippen molar-refractivity contribution in [2.45, 2.75) is 6.32 Å². The van der Waals surface area contributed by atoms with Crippen LogP contribution in [0.3, 0.4) is 0 Å². The van der Waals surface area contributed by atoms with Crippen molar-refractivity contribution in [3.63, 3.8) is 0 Å². The second-order valence-corrected chi connectivity index (χ2v) is 2.40. The molecule has 6 heteroatoms. The Bertz CT molecular complexity index is 320. The lowest BCUT2D eigenvalue weighted by molar-refractivity contribution is 0.372. The van der Waals surface area contributed by atoms with Crippen molar-refractivity contribution in [1.82, 2.24) is 0 Å². The molecule has 0 unspecified atom stereocenters. The second-order valence-electron chi connectivity index (χ2n) is 2.40. The highest BCUT2D eigenvalue weighted by Crippen LogP contribution is 2.22. The molecule has 1 aromatic rings. The molecule has 0 saturated heterocycles. The molecule has 0 N–H and O–H groups in total. The summed E-state index contributed by atoms with van der Waals surface area (Å²) < 4.78 is 62.6. The molecule has 0 aliphatic rings. The van der Waals surface area contributed by atoms with E-state index in [1.807, 2.05) is 0 Å². The Morgan fingerprint density at radius 2 is 1.00 bits per heavy atom. The van der Waals surface area contributed by atoms with Crippen LogP contribution in [-0.4, -0.2) is 7.85 Å². The molecule has 0 aliphatic heterocycles. The van der Waals surface area contributed by atoms with Gasteiger partial charge >= 0.3 is 0 Å². The third kappa shape index (κ3) is 1.40. The predicted octanol–water partition coefficient (Wildman–Crippen LogP) is 1.52. The van der Waals surface area contributed by atoms with Gasteiger partial charge in [-0.05, 0) is 0 Å². The molecule has 0 atom stereocenters. The van der Waals surface area contributed by atoms with Crippen LogP contribution in [0.2, 0.25) is 0 Å². The Morgan fingerprint density at radius 1 is 0.692 bits per heavy atom. The number of hydrogen-bond acceptors (Lipinski definition) is 0. The van der Waals surface area contributed by atoms with Gasteiger partial charge in [0.15, 0.2) is 23.3 Å². The lowest BCUT2D eigenvalue weighted by atomic mass is 9.95. The standard InChI is InChI=1S/C7H4BF5/c8-1-2-3(9)5(11)7(13)6(12)4(2)10/h1,8H2. The highest BCUT2D eigenvalue weighted by molar-refractivity contribution is 6.08. The fourth-order valence-corrected chi connectivity index (χ4v) is 0.961. The van der Waals surface area contributed by atoms with E-state index in [4.69, 9.17) is 0 Å². The minimum atomic E-state index is -2.12. The molecule has 0 heterocycles. The lowest BCUT2D eigenvalue weighted by Gasteiger charge is -2.04. The Hall–Kier alpha value is -1.07.